The maximum absolute atomic E-state index is 11.1. The van der Waals surface area contributed by atoms with Gasteiger partial charge < -0.3 is 14.9 Å². The molecule has 1 saturated carbocycles. The molecule has 4 nitrogen and oxygen atoms in total. The van der Waals surface area contributed by atoms with Crippen LogP contribution in [0.3, 0.4) is 0 Å². The van der Waals surface area contributed by atoms with E-state index in [0.29, 0.717) is 12.8 Å². The Morgan fingerprint density at radius 2 is 1.96 bits per heavy atom. The van der Waals surface area contributed by atoms with Gasteiger partial charge in [0.05, 0.1) is 19.3 Å². The lowest BCUT2D eigenvalue weighted by atomic mass is 9.79. The summed E-state index contributed by atoms with van der Waals surface area (Å²) in [5.41, 5.74) is 1.28. The highest BCUT2D eigenvalue weighted by molar-refractivity contribution is 5.68. The number of aliphatic hydroxyl groups is 2. The maximum atomic E-state index is 11.1. The predicted octanol–water partition coefficient (Wildman–Crippen LogP) is 5.16. The number of esters is 1. The van der Waals surface area contributed by atoms with Crippen LogP contribution in [0.4, 0.5) is 0 Å². The molecule has 0 radical (unpaired) electrons. The Bertz CT molecular complexity index is 455. The molecule has 1 rings (SSSR count). The molecule has 1 aliphatic carbocycles. The minimum Gasteiger partial charge on any atom is -0.469 e. The Kier molecular flexibility index (Phi) is 11.2. The Morgan fingerprint density at radius 1 is 1.26 bits per heavy atom. The molecule has 0 aromatic carbocycles. The van der Waals surface area contributed by atoms with Gasteiger partial charge in [0.25, 0.3) is 0 Å². The summed E-state index contributed by atoms with van der Waals surface area (Å²) in [5.74, 6) is 0.114. The van der Waals surface area contributed by atoms with Gasteiger partial charge in [-0.15, -0.1) is 0 Å². The second-order valence-corrected chi connectivity index (χ2v) is 8.86. The Balaban J connectivity index is 2.41. The number of hydrogen-bond donors (Lipinski definition) is 2. The molecule has 0 amide bonds. The van der Waals surface area contributed by atoms with Crippen molar-refractivity contribution < 1.29 is 19.7 Å². The second kappa shape index (κ2) is 12.6. The summed E-state index contributed by atoms with van der Waals surface area (Å²) >= 11 is 0. The third kappa shape index (κ3) is 8.78. The first kappa shape index (κ1) is 24.2. The van der Waals surface area contributed by atoms with Crippen molar-refractivity contribution in [3.63, 3.8) is 0 Å². The van der Waals surface area contributed by atoms with Gasteiger partial charge in [0.1, 0.15) is 0 Å². The van der Waals surface area contributed by atoms with Crippen LogP contribution in [-0.4, -0.2) is 35.5 Å². The van der Waals surface area contributed by atoms with Crippen molar-refractivity contribution in [3.8, 4) is 0 Å². The topological polar surface area (TPSA) is 66.8 Å². The normalized spacial score (nSPS) is 23.0. The molecule has 158 valence electrons. The first-order valence-electron chi connectivity index (χ1n) is 10.9. The van der Waals surface area contributed by atoms with Crippen LogP contribution >= 0.6 is 0 Å². The fraction of sp³-hybridized carbons (Fsp3) is 0.870. The van der Waals surface area contributed by atoms with Gasteiger partial charge >= 0.3 is 5.97 Å². The molecule has 4 heteroatoms. The Labute approximate surface area is 166 Å². The van der Waals surface area contributed by atoms with Gasteiger partial charge in [-0.2, -0.15) is 0 Å². The van der Waals surface area contributed by atoms with Gasteiger partial charge in [-0.3, -0.25) is 4.79 Å². The van der Waals surface area contributed by atoms with Crippen molar-refractivity contribution in [1.29, 1.82) is 0 Å². The van der Waals surface area contributed by atoms with Crippen LogP contribution in [0.25, 0.3) is 0 Å². The summed E-state index contributed by atoms with van der Waals surface area (Å²) in [6.07, 6.45) is 13.0. The molecule has 2 N–H and O–H groups in total. The van der Waals surface area contributed by atoms with Gasteiger partial charge in [-0.05, 0) is 43.9 Å². The van der Waals surface area contributed by atoms with Crippen LogP contribution in [0.15, 0.2) is 11.6 Å². The van der Waals surface area contributed by atoms with Crippen molar-refractivity contribution >= 4 is 5.97 Å². The average Bonchev–Trinajstić information content (AvgIpc) is 3.00. The number of hydrogen-bond acceptors (Lipinski definition) is 4. The molecule has 0 saturated heterocycles. The van der Waals surface area contributed by atoms with Gasteiger partial charge in [-0.1, -0.05) is 64.5 Å². The van der Waals surface area contributed by atoms with Crippen LogP contribution in [0.5, 0.6) is 0 Å². The highest BCUT2D eigenvalue weighted by Crippen LogP contribution is 2.37. The molecular weight excluding hydrogens is 340 g/mol. The summed E-state index contributed by atoms with van der Waals surface area (Å²) < 4.78 is 4.66. The number of carbonyl (C=O) groups is 1. The zero-order chi connectivity index (χ0) is 20.3. The molecule has 0 spiro atoms. The van der Waals surface area contributed by atoms with E-state index in [1.165, 1.54) is 12.7 Å². The molecule has 1 fully saturated rings. The molecule has 0 aromatic rings. The van der Waals surface area contributed by atoms with Gasteiger partial charge in [0.15, 0.2) is 0 Å². The zero-order valence-corrected chi connectivity index (χ0v) is 18.0. The quantitative estimate of drug-likeness (QED) is 0.262. The first-order chi connectivity index (χ1) is 12.8. The molecule has 0 heterocycles. The van der Waals surface area contributed by atoms with Gasteiger partial charge in [-0.25, -0.2) is 0 Å². The number of aliphatic hydroxyl groups excluding tert-OH is 2. The molecule has 1 aliphatic rings. The van der Waals surface area contributed by atoms with E-state index in [4.69, 9.17) is 0 Å². The summed E-state index contributed by atoms with van der Waals surface area (Å²) in [7, 11) is 1.43. The number of carbonyl (C=O) groups excluding carboxylic acids is 1. The fourth-order valence-corrected chi connectivity index (χ4v) is 4.05. The van der Waals surface area contributed by atoms with E-state index in [9.17, 15) is 15.0 Å². The smallest absolute Gasteiger partial charge is 0.305 e. The number of rotatable bonds is 13. The predicted molar refractivity (Wildman–Crippen MR) is 110 cm³/mol. The number of methoxy groups -OCH3 is 1. The standard InChI is InChI=1S/C23H42O4/c1-5-6-17-23(2,3)21(25)16-14-18-13-15-20(24)19(18)11-9-7-8-10-12-22(26)27-4/h14,19-21,24-25H,5-13,15-17H2,1-4H3/t19-,20-,21?/m1/s1. The molecule has 0 aromatic heterocycles. The number of unbranched alkanes of at least 4 members (excludes halogenated alkanes) is 4. The largest absolute Gasteiger partial charge is 0.469 e. The van der Waals surface area contributed by atoms with E-state index in [1.54, 1.807) is 0 Å². The first-order valence-corrected chi connectivity index (χ1v) is 10.9. The number of ether oxygens (including phenoxy) is 1. The van der Waals surface area contributed by atoms with Crippen molar-refractivity contribution in [1.82, 2.24) is 0 Å². The van der Waals surface area contributed by atoms with Crippen molar-refractivity contribution in [3.05, 3.63) is 11.6 Å². The zero-order valence-electron chi connectivity index (χ0n) is 18.0. The average molecular weight is 383 g/mol. The highest BCUT2D eigenvalue weighted by Gasteiger charge is 2.31. The monoisotopic (exact) mass is 382 g/mol. The van der Waals surface area contributed by atoms with Crippen molar-refractivity contribution in [2.75, 3.05) is 7.11 Å². The summed E-state index contributed by atoms with van der Waals surface area (Å²) in [6, 6.07) is 0. The van der Waals surface area contributed by atoms with Gasteiger partial charge in [0, 0.05) is 12.3 Å². The van der Waals surface area contributed by atoms with Crippen LogP contribution in [0, 0.1) is 11.3 Å². The molecule has 1 unspecified atom stereocenters. The van der Waals surface area contributed by atoms with E-state index in [0.717, 1.165) is 64.2 Å². The van der Waals surface area contributed by atoms with Crippen molar-refractivity contribution in [2.45, 2.75) is 110 Å². The molecule has 0 bridgehead atoms. The van der Waals surface area contributed by atoms with Crippen LogP contribution in [0.1, 0.15) is 97.8 Å². The molecular formula is C23H42O4. The fourth-order valence-electron chi connectivity index (χ4n) is 4.05. The second-order valence-electron chi connectivity index (χ2n) is 8.86. The van der Waals surface area contributed by atoms with E-state index in [1.807, 2.05) is 0 Å². The van der Waals surface area contributed by atoms with E-state index in [-0.39, 0.29) is 29.5 Å². The van der Waals surface area contributed by atoms with Crippen LogP contribution in [-0.2, 0) is 9.53 Å². The van der Waals surface area contributed by atoms with E-state index >= 15 is 0 Å². The van der Waals surface area contributed by atoms with E-state index in [2.05, 4.69) is 31.6 Å². The summed E-state index contributed by atoms with van der Waals surface area (Å²) in [4.78, 5) is 11.1. The van der Waals surface area contributed by atoms with Crippen LogP contribution in [0.2, 0.25) is 0 Å². The third-order valence-electron chi connectivity index (χ3n) is 6.22. The van der Waals surface area contributed by atoms with Crippen molar-refractivity contribution in [2.24, 2.45) is 11.3 Å². The lowest BCUT2D eigenvalue weighted by Gasteiger charge is -2.30. The SMILES string of the molecule is CCCCC(C)(C)C(O)CC=C1CC[C@@H](O)[C@@H]1CCCCCCC(=O)OC. The lowest BCUT2D eigenvalue weighted by molar-refractivity contribution is -0.140. The summed E-state index contributed by atoms with van der Waals surface area (Å²) in [6.45, 7) is 6.49. The van der Waals surface area contributed by atoms with Crippen LogP contribution < -0.4 is 0 Å². The third-order valence-corrected chi connectivity index (χ3v) is 6.22. The van der Waals surface area contributed by atoms with Gasteiger partial charge in [0.2, 0.25) is 0 Å². The Hall–Kier alpha value is -0.870. The molecule has 27 heavy (non-hydrogen) atoms. The highest BCUT2D eigenvalue weighted by atomic mass is 16.5. The molecule has 0 aliphatic heterocycles. The van der Waals surface area contributed by atoms with E-state index < -0.39 is 0 Å². The Morgan fingerprint density at radius 3 is 2.63 bits per heavy atom. The maximum Gasteiger partial charge on any atom is 0.305 e. The minimum absolute atomic E-state index is 0.0561. The summed E-state index contributed by atoms with van der Waals surface area (Å²) in [5, 5.41) is 21.0. The lowest BCUT2D eigenvalue weighted by Crippen LogP contribution is -2.29. The molecule has 3 atom stereocenters. The minimum atomic E-state index is -0.326.